The number of rotatable bonds is 5. The van der Waals surface area contributed by atoms with Crippen LogP contribution in [-0.4, -0.2) is 88.3 Å². The zero-order valence-electron chi connectivity index (χ0n) is 18.6. The van der Waals surface area contributed by atoms with Crippen LogP contribution >= 0.6 is 0 Å². The molecule has 2 aliphatic rings. The zero-order chi connectivity index (χ0) is 21.2. The van der Waals surface area contributed by atoms with Crippen molar-refractivity contribution in [1.82, 2.24) is 29.4 Å². The lowest BCUT2D eigenvalue weighted by atomic mass is 10.2. The van der Waals surface area contributed by atoms with Gasteiger partial charge in [0.2, 0.25) is 0 Å². The van der Waals surface area contributed by atoms with Crippen LogP contribution in [-0.2, 0) is 6.54 Å². The van der Waals surface area contributed by atoms with Crippen molar-refractivity contribution in [3.8, 4) is 0 Å². The Morgan fingerprint density at radius 3 is 2.19 bits per heavy atom. The Labute approximate surface area is 184 Å². The van der Waals surface area contributed by atoms with E-state index in [0.29, 0.717) is 5.78 Å². The molecule has 2 fully saturated rings. The fraction of sp³-hybridized carbons (Fsp3) is 0.522. The van der Waals surface area contributed by atoms with Crippen molar-refractivity contribution in [1.29, 1.82) is 0 Å². The van der Waals surface area contributed by atoms with Crippen LogP contribution in [0.2, 0.25) is 0 Å². The van der Waals surface area contributed by atoms with Crippen molar-refractivity contribution >= 4 is 17.3 Å². The molecule has 3 aromatic rings. The second-order valence-electron chi connectivity index (χ2n) is 8.52. The summed E-state index contributed by atoms with van der Waals surface area (Å²) in [5.41, 5.74) is 2.30. The molecule has 0 saturated carbocycles. The van der Waals surface area contributed by atoms with Gasteiger partial charge in [-0.3, -0.25) is 4.90 Å². The third-order valence-electron chi connectivity index (χ3n) is 6.47. The van der Waals surface area contributed by atoms with Crippen molar-refractivity contribution < 1.29 is 0 Å². The van der Waals surface area contributed by atoms with E-state index in [4.69, 9.17) is 10.1 Å². The molecule has 164 valence electrons. The molecular formula is C23H32N8. The predicted octanol–water partition coefficient (Wildman–Crippen LogP) is 1.90. The number of fused-ring (bicyclic) bond motifs is 1. The van der Waals surface area contributed by atoms with Crippen LogP contribution in [0.5, 0.6) is 0 Å². The Morgan fingerprint density at radius 2 is 1.48 bits per heavy atom. The number of nitrogens with zero attached hydrogens (tertiary/aromatic N) is 8. The van der Waals surface area contributed by atoms with E-state index in [2.05, 4.69) is 67.9 Å². The van der Waals surface area contributed by atoms with Gasteiger partial charge in [-0.05, 0) is 25.6 Å². The highest BCUT2D eigenvalue weighted by Crippen LogP contribution is 2.20. The molecule has 5 rings (SSSR count). The zero-order valence-corrected chi connectivity index (χ0v) is 18.6. The Kier molecular flexibility index (Phi) is 5.74. The van der Waals surface area contributed by atoms with Gasteiger partial charge in [0.05, 0.1) is 6.54 Å². The molecule has 2 saturated heterocycles. The Bertz CT molecular complexity index is 1000. The van der Waals surface area contributed by atoms with Crippen molar-refractivity contribution in [2.45, 2.75) is 20.4 Å². The normalized spacial score (nSPS) is 18.8. The minimum absolute atomic E-state index is 0.714. The van der Waals surface area contributed by atoms with Crippen LogP contribution in [0.15, 0.2) is 36.4 Å². The molecule has 0 radical (unpaired) electrons. The highest BCUT2D eigenvalue weighted by atomic mass is 15.4. The first-order valence-corrected chi connectivity index (χ1v) is 11.4. The molecule has 0 unspecified atom stereocenters. The molecule has 8 nitrogen and oxygen atoms in total. The molecule has 0 bridgehead atoms. The van der Waals surface area contributed by atoms with Crippen molar-refractivity contribution in [3.05, 3.63) is 47.9 Å². The van der Waals surface area contributed by atoms with E-state index in [-0.39, 0.29) is 0 Å². The summed E-state index contributed by atoms with van der Waals surface area (Å²) in [4.78, 5) is 19.2. The van der Waals surface area contributed by atoms with E-state index in [1.54, 1.807) is 0 Å². The SMILES string of the molecule is CCN1CCN(c2cc(C)nc3nc(CN4CCN(c5ccccc5)CC4)nn23)CC1. The molecule has 31 heavy (non-hydrogen) atoms. The maximum Gasteiger partial charge on any atom is 0.254 e. The summed E-state index contributed by atoms with van der Waals surface area (Å²) >= 11 is 0. The Morgan fingerprint density at radius 1 is 0.806 bits per heavy atom. The monoisotopic (exact) mass is 420 g/mol. The molecule has 0 amide bonds. The number of benzene rings is 1. The van der Waals surface area contributed by atoms with Gasteiger partial charge in [0.15, 0.2) is 5.82 Å². The number of likely N-dealkylation sites (N-methyl/N-ethyl adjacent to an activating group) is 1. The summed E-state index contributed by atoms with van der Waals surface area (Å²) in [6, 6.07) is 12.8. The van der Waals surface area contributed by atoms with Crippen molar-refractivity contribution in [2.75, 3.05) is 68.7 Å². The number of aromatic nitrogens is 4. The fourth-order valence-electron chi connectivity index (χ4n) is 4.60. The van der Waals surface area contributed by atoms with E-state index in [1.165, 1.54) is 5.69 Å². The van der Waals surface area contributed by atoms with Crippen LogP contribution in [0.25, 0.3) is 5.78 Å². The molecule has 0 N–H and O–H groups in total. The summed E-state index contributed by atoms with van der Waals surface area (Å²) in [7, 11) is 0. The van der Waals surface area contributed by atoms with Crippen molar-refractivity contribution in [2.24, 2.45) is 0 Å². The van der Waals surface area contributed by atoms with Gasteiger partial charge in [0.1, 0.15) is 5.82 Å². The first-order chi connectivity index (χ1) is 15.2. The third-order valence-corrected chi connectivity index (χ3v) is 6.47. The summed E-state index contributed by atoms with van der Waals surface area (Å²) < 4.78 is 1.95. The van der Waals surface area contributed by atoms with E-state index < -0.39 is 0 Å². The Balaban J connectivity index is 1.28. The summed E-state index contributed by atoms with van der Waals surface area (Å²) in [6.45, 7) is 14.5. The van der Waals surface area contributed by atoms with Gasteiger partial charge in [-0.2, -0.15) is 9.50 Å². The van der Waals surface area contributed by atoms with Crippen molar-refractivity contribution in [3.63, 3.8) is 0 Å². The molecule has 0 atom stereocenters. The number of anilines is 2. The van der Waals surface area contributed by atoms with Crippen LogP contribution in [0.3, 0.4) is 0 Å². The smallest absolute Gasteiger partial charge is 0.254 e. The van der Waals surface area contributed by atoms with E-state index in [1.807, 2.05) is 11.4 Å². The molecule has 2 aliphatic heterocycles. The van der Waals surface area contributed by atoms with Crippen LogP contribution in [0.4, 0.5) is 11.5 Å². The second-order valence-corrected chi connectivity index (χ2v) is 8.52. The number of hydrogen-bond donors (Lipinski definition) is 0. The minimum atomic E-state index is 0.714. The van der Waals surface area contributed by atoms with Gasteiger partial charge in [0, 0.05) is 69.8 Å². The molecule has 0 aliphatic carbocycles. The van der Waals surface area contributed by atoms with Crippen LogP contribution in [0.1, 0.15) is 18.4 Å². The number of hydrogen-bond acceptors (Lipinski definition) is 7. The summed E-state index contributed by atoms with van der Waals surface area (Å²) in [6.07, 6.45) is 0. The largest absolute Gasteiger partial charge is 0.369 e. The second kappa shape index (κ2) is 8.80. The molecule has 2 aromatic heterocycles. The highest BCUT2D eigenvalue weighted by molar-refractivity contribution is 5.48. The number of aryl methyl sites for hydroxylation is 1. The minimum Gasteiger partial charge on any atom is -0.369 e. The van der Waals surface area contributed by atoms with E-state index >= 15 is 0 Å². The van der Waals surface area contributed by atoms with Gasteiger partial charge in [-0.1, -0.05) is 25.1 Å². The average Bonchev–Trinajstić information content (AvgIpc) is 3.21. The lowest BCUT2D eigenvalue weighted by Gasteiger charge is -2.35. The van der Waals surface area contributed by atoms with Gasteiger partial charge in [-0.25, -0.2) is 4.98 Å². The van der Waals surface area contributed by atoms with Gasteiger partial charge in [0.25, 0.3) is 5.78 Å². The van der Waals surface area contributed by atoms with Gasteiger partial charge < -0.3 is 14.7 Å². The summed E-state index contributed by atoms with van der Waals surface area (Å²) in [5, 5.41) is 4.87. The quantitative estimate of drug-likeness (QED) is 0.625. The number of piperazine rings is 2. The van der Waals surface area contributed by atoms with Gasteiger partial charge in [-0.15, -0.1) is 5.10 Å². The first-order valence-electron chi connectivity index (χ1n) is 11.4. The van der Waals surface area contributed by atoms with Crippen LogP contribution in [0, 0.1) is 6.92 Å². The molecule has 0 spiro atoms. The first kappa shape index (κ1) is 20.2. The highest BCUT2D eigenvalue weighted by Gasteiger charge is 2.22. The lowest BCUT2D eigenvalue weighted by molar-refractivity contribution is 0.244. The molecule has 1 aromatic carbocycles. The number of para-hydroxylation sites is 1. The predicted molar refractivity (Wildman–Crippen MR) is 124 cm³/mol. The maximum atomic E-state index is 4.87. The van der Waals surface area contributed by atoms with E-state index in [9.17, 15) is 0 Å². The van der Waals surface area contributed by atoms with Gasteiger partial charge >= 0.3 is 0 Å². The maximum absolute atomic E-state index is 4.87. The lowest BCUT2D eigenvalue weighted by Crippen LogP contribution is -2.46. The third kappa shape index (κ3) is 4.36. The molecular weight excluding hydrogens is 388 g/mol. The standard InChI is InChI=1S/C23H32N8/c1-3-27-9-15-30(16-10-27)22-17-19(2)24-23-25-21(26-31(22)23)18-28-11-13-29(14-12-28)20-7-5-4-6-8-20/h4-8,17H,3,9-16,18H2,1-2H3. The Hall–Kier alpha value is -2.71. The molecule has 8 heteroatoms. The van der Waals surface area contributed by atoms with Crippen LogP contribution < -0.4 is 9.80 Å². The van der Waals surface area contributed by atoms with E-state index in [0.717, 1.165) is 82.8 Å². The summed E-state index contributed by atoms with van der Waals surface area (Å²) in [5.74, 6) is 2.69. The molecule has 4 heterocycles. The average molecular weight is 421 g/mol. The topological polar surface area (TPSA) is 56.0 Å². The fourth-order valence-corrected chi connectivity index (χ4v) is 4.60.